The van der Waals surface area contributed by atoms with Crippen LogP contribution >= 0.6 is 7.82 Å². The zero-order valence-electron chi connectivity index (χ0n) is 40.9. The van der Waals surface area contributed by atoms with Gasteiger partial charge in [-0.3, -0.25) is 9.36 Å². The van der Waals surface area contributed by atoms with E-state index in [1.54, 1.807) is 6.08 Å². The van der Waals surface area contributed by atoms with Crippen LogP contribution in [-0.2, 0) is 18.4 Å². The Hall–Kier alpha value is -1.28. The third kappa shape index (κ3) is 46.5. The smallest absolute Gasteiger partial charge is 0.268 e. The van der Waals surface area contributed by atoms with Crippen molar-refractivity contribution in [3.63, 3.8) is 0 Å². The second-order valence-corrected chi connectivity index (χ2v) is 20.3. The van der Waals surface area contributed by atoms with Gasteiger partial charge in [-0.2, -0.15) is 0 Å². The first-order chi connectivity index (χ1) is 29.5. The highest BCUT2D eigenvalue weighted by atomic mass is 31.2. The van der Waals surface area contributed by atoms with E-state index in [4.69, 9.17) is 9.05 Å². The fourth-order valence-corrected chi connectivity index (χ4v) is 8.18. The van der Waals surface area contributed by atoms with Crippen LogP contribution < -0.4 is 10.2 Å². The van der Waals surface area contributed by atoms with E-state index in [9.17, 15) is 19.4 Å². The van der Waals surface area contributed by atoms with E-state index in [-0.39, 0.29) is 12.5 Å². The van der Waals surface area contributed by atoms with Gasteiger partial charge in [0, 0.05) is 6.42 Å². The molecule has 0 bridgehead atoms. The van der Waals surface area contributed by atoms with Crippen LogP contribution in [0.25, 0.3) is 0 Å². The number of rotatable bonds is 47. The number of aliphatic hydroxyl groups is 1. The van der Waals surface area contributed by atoms with E-state index < -0.39 is 26.6 Å². The molecular formula is C52H101N2O6P. The number of carbonyl (C=O) groups excluding carboxylic acids is 1. The molecule has 0 radical (unpaired) electrons. The van der Waals surface area contributed by atoms with Crippen molar-refractivity contribution in [2.45, 2.75) is 251 Å². The number of amides is 1. The summed E-state index contributed by atoms with van der Waals surface area (Å²) in [5.41, 5.74) is 0. The fourth-order valence-electron chi connectivity index (χ4n) is 7.46. The Morgan fingerprint density at radius 2 is 0.918 bits per heavy atom. The topological polar surface area (TPSA) is 108 Å². The molecule has 3 unspecified atom stereocenters. The van der Waals surface area contributed by atoms with Crippen LogP contribution in [0.15, 0.2) is 36.5 Å². The molecule has 9 heteroatoms. The molecule has 0 aliphatic heterocycles. The molecule has 360 valence electrons. The van der Waals surface area contributed by atoms with Gasteiger partial charge in [0.2, 0.25) is 5.91 Å². The van der Waals surface area contributed by atoms with Crippen molar-refractivity contribution in [1.29, 1.82) is 0 Å². The Bertz CT molecular complexity index is 1090. The summed E-state index contributed by atoms with van der Waals surface area (Å²) in [6.45, 7) is 4.62. The molecule has 61 heavy (non-hydrogen) atoms. The van der Waals surface area contributed by atoms with Crippen LogP contribution in [0.5, 0.6) is 0 Å². The van der Waals surface area contributed by atoms with Crippen molar-refractivity contribution in [3.05, 3.63) is 36.5 Å². The van der Waals surface area contributed by atoms with Gasteiger partial charge in [0.25, 0.3) is 7.82 Å². The highest BCUT2D eigenvalue weighted by Gasteiger charge is 2.23. The first kappa shape index (κ1) is 59.7. The molecule has 2 N–H and O–H groups in total. The summed E-state index contributed by atoms with van der Waals surface area (Å²) in [5.74, 6) is -0.206. The van der Waals surface area contributed by atoms with E-state index in [0.29, 0.717) is 17.4 Å². The zero-order valence-corrected chi connectivity index (χ0v) is 41.8. The number of hydrogen-bond acceptors (Lipinski definition) is 6. The lowest BCUT2D eigenvalue weighted by Gasteiger charge is -2.29. The van der Waals surface area contributed by atoms with E-state index in [1.165, 1.54) is 180 Å². The summed E-state index contributed by atoms with van der Waals surface area (Å²) in [4.78, 5) is 25.3. The van der Waals surface area contributed by atoms with Gasteiger partial charge in [-0.1, -0.05) is 211 Å². The van der Waals surface area contributed by atoms with Crippen molar-refractivity contribution in [3.8, 4) is 0 Å². The lowest BCUT2D eigenvalue weighted by Crippen LogP contribution is -2.45. The Morgan fingerprint density at radius 3 is 1.33 bits per heavy atom. The van der Waals surface area contributed by atoms with Gasteiger partial charge >= 0.3 is 0 Å². The molecule has 0 aromatic rings. The maximum Gasteiger partial charge on any atom is 0.268 e. The van der Waals surface area contributed by atoms with E-state index in [0.717, 1.165) is 38.5 Å². The van der Waals surface area contributed by atoms with Crippen molar-refractivity contribution in [1.82, 2.24) is 5.32 Å². The SMILES string of the molecule is CCCCCCCC/C=C/CC/C=C/C(O)C(COP(=O)([O-])OCC[N+](C)(C)C)NC(=O)CCCCCCCCCCCCCCCCC/C=C\CCCCCCCCCC. The zero-order chi connectivity index (χ0) is 45.0. The summed E-state index contributed by atoms with van der Waals surface area (Å²) in [7, 11) is 1.25. The number of allylic oxidation sites excluding steroid dienone is 5. The number of unbranched alkanes of at least 4 members (excludes halogenated alkanes) is 30. The van der Waals surface area contributed by atoms with Crippen molar-refractivity contribution >= 4 is 13.7 Å². The summed E-state index contributed by atoms with van der Waals surface area (Å²) < 4.78 is 23.2. The minimum absolute atomic E-state index is 0.00563. The Labute approximate surface area is 378 Å². The fraction of sp³-hybridized carbons (Fsp3) is 0.865. The standard InChI is InChI=1S/C52H101N2O6P/c1-6-8-10-12-14-16-18-20-21-22-23-24-25-26-27-28-29-30-31-32-33-34-36-38-40-42-44-46-52(56)53-50(49-60-61(57,58)59-48-47-54(3,4)5)51(55)45-43-41-39-37-35-19-17-15-13-11-9-7-2/h22-23,35,37,43,45,50-51,55H,6-21,24-34,36,38-42,44,46-49H2,1-5H3,(H-,53,56,57,58)/b23-22-,37-35+,45-43+. The van der Waals surface area contributed by atoms with Crippen molar-refractivity contribution in [2.24, 2.45) is 0 Å². The molecular weight excluding hydrogens is 780 g/mol. The van der Waals surface area contributed by atoms with Gasteiger partial charge in [-0.05, 0) is 57.8 Å². The Morgan fingerprint density at radius 1 is 0.557 bits per heavy atom. The molecule has 0 spiro atoms. The maximum absolute atomic E-state index is 12.9. The first-order valence-corrected chi connectivity index (χ1v) is 27.3. The van der Waals surface area contributed by atoms with Gasteiger partial charge in [0.1, 0.15) is 13.2 Å². The molecule has 1 amide bonds. The number of nitrogens with one attached hydrogen (secondary N) is 1. The van der Waals surface area contributed by atoms with E-state index in [2.05, 4.69) is 43.5 Å². The summed E-state index contributed by atoms with van der Waals surface area (Å²) >= 11 is 0. The molecule has 0 aromatic carbocycles. The van der Waals surface area contributed by atoms with Gasteiger partial charge in [0.15, 0.2) is 0 Å². The summed E-state index contributed by atoms with van der Waals surface area (Å²) in [6.07, 6.45) is 55.1. The van der Waals surface area contributed by atoms with Gasteiger partial charge in [-0.25, -0.2) is 0 Å². The van der Waals surface area contributed by atoms with E-state index in [1.807, 2.05) is 27.2 Å². The monoisotopic (exact) mass is 881 g/mol. The molecule has 0 fully saturated rings. The minimum atomic E-state index is -4.59. The van der Waals surface area contributed by atoms with Crippen LogP contribution in [0.2, 0.25) is 0 Å². The largest absolute Gasteiger partial charge is 0.756 e. The molecule has 0 rings (SSSR count). The summed E-state index contributed by atoms with van der Waals surface area (Å²) in [5, 5.41) is 13.8. The van der Waals surface area contributed by atoms with Gasteiger partial charge in [0.05, 0.1) is 39.9 Å². The van der Waals surface area contributed by atoms with E-state index >= 15 is 0 Å². The first-order valence-electron chi connectivity index (χ1n) is 25.9. The molecule has 0 saturated carbocycles. The average molecular weight is 881 g/mol. The number of phosphoric ester groups is 1. The average Bonchev–Trinajstić information content (AvgIpc) is 3.21. The van der Waals surface area contributed by atoms with Crippen LogP contribution in [0.4, 0.5) is 0 Å². The quantitative estimate of drug-likeness (QED) is 0.0273. The summed E-state index contributed by atoms with van der Waals surface area (Å²) in [6, 6.07) is -0.900. The number of likely N-dealkylation sites (N-methyl/N-ethyl adjacent to an activating group) is 1. The molecule has 3 atom stereocenters. The van der Waals surface area contributed by atoms with Gasteiger partial charge in [-0.15, -0.1) is 0 Å². The lowest BCUT2D eigenvalue weighted by atomic mass is 10.0. The van der Waals surface area contributed by atoms with Crippen LogP contribution in [0, 0.1) is 0 Å². The molecule has 0 aliphatic carbocycles. The Kier molecular flexibility index (Phi) is 43.0. The number of nitrogens with zero attached hydrogens (tertiary/aromatic N) is 1. The Balaban J connectivity index is 4.14. The second-order valence-electron chi connectivity index (χ2n) is 18.9. The normalized spacial score (nSPS) is 14.4. The predicted molar refractivity (Wildman–Crippen MR) is 261 cm³/mol. The third-order valence-electron chi connectivity index (χ3n) is 11.6. The number of phosphoric acid groups is 1. The van der Waals surface area contributed by atoms with Crippen LogP contribution in [0.3, 0.4) is 0 Å². The second kappa shape index (κ2) is 43.9. The van der Waals surface area contributed by atoms with Crippen molar-refractivity contribution < 1.29 is 32.9 Å². The van der Waals surface area contributed by atoms with Gasteiger partial charge < -0.3 is 28.8 Å². The third-order valence-corrected chi connectivity index (χ3v) is 12.5. The highest BCUT2D eigenvalue weighted by Crippen LogP contribution is 2.38. The van der Waals surface area contributed by atoms with Crippen LogP contribution in [0.1, 0.15) is 239 Å². The molecule has 0 aromatic heterocycles. The lowest BCUT2D eigenvalue weighted by molar-refractivity contribution is -0.870. The highest BCUT2D eigenvalue weighted by molar-refractivity contribution is 7.45. The molecule has 0 saturated heterocycles. The maximum atomic E-state index is 12.9. The molecule has 0 aliphatic rings. The van der Waals surface area contributed by atoms with Crippen molar-refractivity contribution in [2.75, 3.05) is 40.9 Å². The van der Waals surface area contributed by atoms with Crippen LogP contribution in [-0.4, -0.2) is 68.5 Å². The number of carbonyl (C=O) groups is 1. The molecule has 0 heterocycles. The number of aliphatic hydroxyl groups excluding tert-OH is 1. The number of quaternary nitrogens is 1. The predicted octanol–water partition coefficient (Wildman–Crippen LogP) is 14.4. The number of hydrogen-bond donors (Lipinski definition) is 2. The minimum Gasteiger partial charge on any atom is -0.756 e. The molecule has 8 nitrogen and oxygen atoms in total.